The van der Waals surface area contributed by atoms with Gasteiger partial charge in [-0.15, -0.1) is 0 Å². The first-order valence-electron chi connectivity index (χ1n) is 7.81. The third-order valence-corrected chi connectivity index (χ3v) is 4.33. The Morgan fingerprint density at radius 1 is 1.31 bits per heavy atom. The van der Waals surface area contributed by atoms with Crippen molar-refractivity contribution < 1.29 is 13.7 Å². The summed E-state index contributed by atoms with van der Waals surface area (Å²) in [6, 6.07) is 10.8. The molecule has 0 amide bonds. The highest BCUT2D eigenvalue weighted by Crippen LogP contribution is 2.30. The Bertz CT molecular complexity index is 961. The number of hydrogen-bond acceptors (Lipinski definition) is 4. The summed E-state index contributed by atoms with van der Waals surface area (Å²) in [6.07, 6.45) is 0. The van der Waals surface area contributed by atoms with E-state index in [4.69, 9.17) is 11.6 Å². The fraction of sp³-hybridized carbons (Fsp3) is 0.235. The molecule has 1 atom stereocenters. The number of non-ortho nitro benzene ring substituents is 1. The van der Waals surface area contributed by atoms with E-state index in [9.17, 15) is 18.9 Å². The number of nitro benzene ring substituents is 1. The summed E-state index contributed by atoms with van der Waals surface area (Å²) in [4.78, 5) is 14.5. The molecule has 0 fully saturated rings. The Kier molecular flexibility index (Phi) is 5.03. The van der Waals surface area contributed by atoms with Crippen molar-refractivity contribution in [3.05, 3.63) is 63.4 Å². The van der Waals surface area contributed by atoms with Gasteiger partial charge in [-0.1, -0.05) is 30.7 Å². The molecule has 0 saturated carbocycles. The lowest BCUT2D eigenvalue weighted by Crippen LogP contribution is -2.15. The third kappa shape index (κ3) is 3.45. The molecule has 136 valence electrons. The topological polar surface area (TPSA) is 73.0 Å². The molecule has 2 aromatic carbocycles. The van der Waals surface area contributed by atoms with Crippen molar-refractivity contribution in [1.29, 1.82) is 0 Å². The molecule has 3 rings (SSSR count). The quantitative estimate of drug-likeness (QED) is 0.470. The maximum Gasteiger partial charge on any atom is 0.320 e. The largest absolute Gasteiger partial charge is 0.383 e. The van der Waals surface area contributed by atoms with Crippen molar-refractivity contribution in [3.63, 3.8) is 0 Å². The lowest BCUT2D eigenvalue weighted by atomic mass is 10.1. The lowest BCUT2D eigenvalue weighted by Gasteiger charge is -2.16. The number of hydrogen-bond donors (Lipinski definition) is 1. The highest BCUT2D eigenvalue weighted by Gasteiger charge is 2.22. The van der Waals surface area contributed by atoms with Crippen molar-refractivity contribution in [2.75, 3.05) is 11.9 Å². The van der Waals surface area contributed by atoms with Crippen LogP contribution >= 0.6 is 11.6 Å². The first-order valence-corrected chi connectivity index (χ1v) is 8.19. The molecule has 0 unspecified atom stereocenters. The van der Waals surface area contributed by atoms with E-state index in [1.165, 1.54) is 18.2 Å². The summed E-state index contributed by atoms with van der Waals surface area (Å²) >= 11 is 6.04. The lowest BCUT2D eigenvalue weighted by molar-refractivity contribution is -0.384. The first kappa shape index (κ1) is 18.1. The summed E-state index contributed by atoms with van der Waals surface area (Å²) in [5.41, 5.74) is 1.25. The molecule has 3 aromatic rings. The molecule has 0 aliphatic heterocycles. The Balaban J connectivity index is 1.83. The van der Waals surface area contributed by atoms with Crippen LogP contribution in [0.4, 0.5) is 20.2 Å². The van der Waals surface area contributed by atoms with Crippen molar-refractivity contribution in [2.45, 2.75) is 19.4 Å². The fourth-order valence-corrected chi connectivity index (χ4v) is 2.97. The van der Waals surface area contributed by atoms with E-state index in [0.29, 0.717) is 16.7 Å². The predicted molar refractivity (Wildman–Crippen MR) is 96.0 cm³/mol. The summed E-state index contributed by atoms with van der Waals surface area (Å²) in [7, 11) is 0. The number of halogens is 3. The molecule has 26 heavy (non-hydrogen) atoms. The Morgan fingerprint density at radius 2 is 2.04 bits per heavy atom. The second-order valence-corrected chi connectivity index (χ2v) is 6.22. The van der Waals surface area contributed by atoms with Crippen LogP contribution in [0.3, 0.4) is 0 Å². The van der Waals surface area contributed by atoms with E-state index < -0.39 is 11.5 Å². The van der Waals surface area contributed by atoms with E-state index in [1.807, 2.05) is 0 Å². The molecule has 1 heterocycles. The van der Waals surface area contributed by atoms with Crippen LogP contribution in [0.1, 0.15) is 25.2 Å². The zero-order valence-electron chi connectivity index (χ0n) is 13.7. The minimum atomic E-state index is -2.71. The van der Waals surface area contributed by atoms with Crippen LogP contribution in [0.5, 0.6) is 0 Å². The van der Waals surface area contributed by atoms with Gasteiger partial charge in [-0.05, 0) is 18.2 Å². The van der Waals surface area contributed by atoms with Gasteiger partial charge in [0.15, 0.2) is 0 Å². The van der Waals surface area contributed by atoms with E-state index >= 15 is 0 Å². The van der Waals surface area contributed by atoms with Gasteiger partial charge in [0, 0.05) is 24.6 Å². The molecule has 0 saturated heterocycles. The number of nitrogens with zero attached hydrogens (tertiary/aromatic N) is 3. The van der Waals surface area contributed by atoms with Crippen LogP contribution in [0.15, 0.2) is 42.5 Å². The SMILES string of the molecule is C[C@@H](CNc1ccc([N+](=O)[O-])cc1Cl)c1nc2ccccc2n1C(F)F. The summed E-state index contributed by atoms with van der Waals surface area (Å²) in [5.74, 6) is -0.0885. The van der Waals surface area contributed by atoms with E-state index in [2.05, 4.69) is 10.3 Å². The molecule has 0 aliphatic carbocycles. The van der Waals surface area contributed by atoms with Crippen LogP contribution in [0, 0.1) is 10.1 Å². The smallest absolute Gasteiger partial charge is 0.320 e. The number of anilines is 1. The number of nitro groups is 1. The second kappa shape index (κ2) is 7.25. The van der Waals surface area contributed by atoms with Gasteiger partial charge < -0.3 is 5.32 Å². The zero-order chi connectivity index (χ0) is 18.8. The maximum atomic E-state index is 13.5. The molecule has 0 radical (unpaired) electrons. The van der Waals surface area contributed by atoms with Gasteiger partial charge in [0.1, 0.15) is 5.82 Å². The third-order valence-electron chi connectivity index (χ3n) is 4.02. The Labute approximate surface area is 152 Å². The van der Waals surface area contributed by atoms with Gasteiger partial charge in [-0.3, -0.25) is 14.7 Å². The number of fused-ring (bicyclic) bond motifs is 1. The Morgan fingerprint density at radius 3 is 2.69 bits per heavy atom. The van der Waals surface area contributed by atoms with Gasteiger partial charge in [0.25, 0.3) is 5.69 Å². The van der Waals surface area contributed by atoms with Gasteiger partial charge in [-0.25, -0.2) is 4.98 Å². The summed E-state index contributed by atoms with van der Waals surface area (Å²) in [5, 5.41) is 14.0. The minimum Gasteiger partial charge on any atom is -0.383 e. The molecule has 0 spiro atoms. The number of rotatable bonds is 6. The number of benzene rings is 2. The van der Waals surface area contributed by atoms with Crippen molar-refractivity contribution >= 4 is 34.0 Å². The number of alkyl halides is 2. The number of imidazole rings is 1. The first-order chi connectivity index (χ1) is 12.4. The molecular formula is C17H15ClF2N4O2. The zero-order valence-corrected chi connectivity index (χ0v) is 14.5. The van der Waals surface area contributed by atoms with E-state index in [-0.39, 0.29) is 29.0 Å². The molecular weight excluding hydrogens is 366 g/mol. The average Bonchev–Trinajstić information content (AvgIpc) is 3.00. The van der Waals surface area contributed by atoms with E-state index in [1.54, 1.807) is 31.2 Å². The van der Waals surface area contributed by atoms with Crippen LogP contribution < -0.4 is 5.32 Å². The maximum absolute atomic E-state index is 13.5. The van der Waals surface area contributed by atoms with Crippen molar-refractivity contribution in [1.82, 2.24) is 9.55 Å². The van der Waals surface area contributed by atoms with Crippen LogP contribution in [-0.4, -0.2) is 21.0 Å². The molecule has 1 aromatic heterocycles. The van der Waals surface area contributed by atoms with E-state index in [0.717, 1.165) is 4.57 Å². The second-order valence-electron chi connectivity index (χ2n) is 5.81. The summed E-state index contributed by atoms with van der Waals surface area (Å²) < 4.78 is 27.9. The highest BCUT2D eigenvalue weighted by atomic mass is 35.5. The van der Waals surface area contributed by atoms with Gasteiger partial charge >= 0.3 is 6.55 Å². The van der Waals surface area contributed by atoms with Crippen molar-refractivity contribution in [3.8, 4) is 0 Å². The van der Waals surface area contributed by atoms with Gasteiger partial charge in [0.05, 0.1) is 26.7 Å². The average molecular weight is 381 g/mol. The minimum absolute atomic E-state index is 0.118. The van der Waals surface area contributed by atoms with Gasteiger partial charge in [-0.2, -0.15) is 8.78 Å². The molecule has 0 bridgehead atoms. The highest BCUT2D eigenvalue weighted by molar-refractivity contribution is 6.33. The predicted octanol–water partition coefficient (Wildman–Crippen LogP) is 5.21. The van der Waals surface area contributed by atoms with Crippen LogP contribution in [-0.2, 0) is 0 Å². The van der Waals surface area contributed by atoms with Crippen LogP contribution in [0.25, 0.3) is 11.0 Å². The molecule has 9 heteroatoms. The molecule has 1 N–H and O–H groups in total. The number of nitrogens with one attached hydrogen (secondary N) is 1. The molecule has 0 aliphatic rings. The number of aromatic nitrogens is 2. The normalized spacial score (nSPS) is 12.5. The summed E-state index contributed by atoms with van der Waals surface area (Å²) in [6.45, 7) is -0.650. The van der Waals surface area contributed by atoms with Crippen molar-refractivity contribution in [2.24, 2.45) is 0 Å². The van der Waals surface area contributed by atoms with Crippen LogP contribution in [0.2, 0.25) is 5.02 Å². The Hall–Kier alpha value is -2.74. The monoisotopic (exact) mass is 380 g/mol. The standard InChI is InChI=1S/C17H15ClF2N4O2/c1-10(9-21-13-7-6-11(24(25)26)8-12(13)18)16-22-14-4-2-3-5-15(14)23(16)17(19)20/h2-8,10,17,21H,9H2,1H3/t10-/m0/s1. The van der Waals surface area contributed by atoms with Gasteiger partial charge in [0.2, 0.25) is 0 Å². The number of para-hydroxylation sites is 2. The fourth-order valence-electron chi connectivity index (χ4n) is 2.73. The molecule has 6 nitrogen and oxygen atoms in total.